The molecule has 0 aliphatic rings. The molecule has 0 fully saturated rings. The maximum Gasteiger partial charge on any atom is 0.126 e. The van der Waals surface area contributed by atoms with Gasteiger partial charge in [0.05, 0.1) is 0 Å². The normalized spacial score (nSPS) is 12.4. The summed E-state index contributed by atoms with van der Waals surface area (Å²) in [6, 6.07) is 13.6. The smallest absolute Gasteiger partial charge is 0.126 e. The minimum atomic E-state index is -0.146. The monoisotopic (exact) mass is 461 g/mol. The highest BCUT2D eigenvalue weighted by Crippen LogP contribution is 2.24. The Kier molecular flexibility index (Phi) is 6.64. The Labute approximate surface area is 147 Å². The molecular weight excluding hydrogens is 444 g/mol. The van der Waals surface area contributed by atoms with E-state index in [4.69, 9.17) is 0 Å². The number of benzene rings is 2. The van der Waals surface area contributed by atoms with Gasteiger partial charge in [0.15, 0.2) is 0 Å². The Morgan fingerprint density at radius 3 is 2.76 bits per heavy atom. The van der Waals surface area contributed by atoms with Gasteiger partial charge in [-0.05, 0) is 83.4 Å². The summed E-state index contributed by atoms with van der Waals surface area (Å²) in [7, 11) is 0. The summed E-state index contributed by atoms with van der Waals surface area (Å²) in [5.74, 6) is -0.146. The van der Waals surface area contributed by atoms with Crippen molar-refractivity contribution in [1.82, 2.24) is 5.32 Å². The average molecular weight is 462 g/mol. The molecule has 2 aromatic rings. The molecule has 1 N–H and O–H groups in total. The van der Waals surface area contributed by atoms with E-state index in [1.54, 1.807) is 6.07 Å². The first-order valence-corrected chi connectivity index (χ1v) is 8.90. The fraction of sp³-hybridized carbons (Fsp3) is 0.294. The van der Waals surface area contributed by atoms with E-state index in [0.29, 0.717) is 6.42 Å². The highest BCUT2D eigenvalue weighted by atomic mass is 127. The van der Waals surface area contributed by atoms with Crippen molar-refractivity contribution in [2.24, 2.45) is 0 Å². The van der Waals surface area contributed by atoms with Crippen LogP contribution in [0.2, 0.25) is 0 Å². The Morgan fingerprint density at radius 2 is 2.05 bits per heavy atom. The van der Waals surface area contributed by atoms with Crippen molar-refractivity contribution in [1.29, 1.82) is 0 Å². The van der Waals surface area contributed by atoms with Gasteiger partial charge in [0.1, 0.15) is 5.82 Å². The maximum atomic E-state index is 14.0. The summed E-state index contributed by atoms with van der Waals surface area (Å²) in [6.07, 6.45) is 1.70. The molecule has 112 valence electrons. The first-order chi connectivity index (χ1) is 10.1. The maximum absolute atomic E-state index is 14.0. The second-order valence-corrected chi connectivity index (χ2v) is 7.16. The van der Waals surface area contributed by atoms with Crippen LogP contribution >= 0.6 is 38.5 Å². The largest absolute Gasteiger partial charge is 0.310 e. The highest BCUT2D eigenvalue weighted by molar-refractivity contribution is 14.1. The van der Waals surface area contributed by atoms with Crippen LogP contribution in [0.25, 0.3) is 0 Å². The Morgan fingerprint density at radius 1 is 1.24 bits per heavy atom. The SMILES string of the molecule is CCCNC(Cc1cc(Br)ccc1F)c1cccc(I)c1. The van der Waals surface area contributed by atoms with Crippen LogP contribution in [0.15, 0.2) is 46.9 Å². The van der Waals surface area contributed by atoms with Crippen LogP contribution in [0.3, 0.4) is 0 Å². The van der Waals surface area contributed by atoms with Crippen LogP contribution in [-0.2, 0) is 6.42 Å². The second-order valence-electron chi connectivity index (χ2n) is 5.00. The fourth-order valence-electron chi connectivity index (χ4n) is 2.27. The van der Waals surface area contributed by atoms with Gasteiger partial charge in [-0.15, -0.1) is 0 Å². The topological polar surface area (TPSA) is 12.0 Å². The Hall–Kier alpha value is -0.460. The molecule has 1 unspecified atom stereocenters. The van der Waals surface area contributed by atoms with Gasteiger partial charge in [0.25, 0.3) is 0 Å². The zero-order valence-corrected chi connectivity index (χ0v) is 15.6. The zero-order valence-electron chi connectivity index (χ0n) is 11.9. The summed E-state index contributed by atoms with van der Waals surface area (Å²) in [6.45, 7) is 3.06. The van der Waals surface area contributed by atoms with Crippen LogP contribution in [0, 0.1) is 9.39 Å². The first-order valence-electron chi connectivity index (χ1n) is 7.03. The molecule has 0 heterocycles. The van der Waals surface area contributed by atoms with Gasteiger partial charge in [-0.25, -0.2) is 4.39 Å². The number of nitrogens with one attached hydrogen (secondary N) is 1. The van der Waals surface area contributed by atoms with Gasteiger partial charge in [-0.3, -0.25) is 0 Å². The molecule has 21 heavy (non-hydrogen) atoms. The predicted molar refractivity (Wildman–Crippen MR) is 98.0 cm³/mol. The van der Waals surface area contributed by atoms with Crippen LogP contribution in [0.5, 0.6) is 0 Å². The van der Waals surface area contributed by atoms with E-state index in [9.17, 15) is 4.39 Å². The zero-order chi connectivity index (χ0) is 15.2. The molecule has 0 spiro atoms. The van der Waals surface area contributed by atoms with Crippen molar-refractivity contribution in [2.75, 3.05) is 6.54 Å². The molecule has 0 saturated heterocycles. The van der Waals surface area contributed by atoms with E-state index in [-0.39, 0.29) is 11.9 Å². The summed E-state index contributed by atoms with van der Waals surface area (Å²) in [4.78, 5) is 0. The lowest BCUT2D eigenvalue weighted by atomic mass is 9.98. The molecule has 0 aliphatic heterocycles. The summed E-state index contributed by atoms with van der Waals surface area (Å²) < 4.78 is 16.1. The van der Waals surface area contributed by atoms with Crippen molar-refractivity contribution in [3.05, 3.63) is 67.5 Å². The lowest BCUT2D eigenvalue weighted by Crippen LogP contribution is -2.24. The van der Waals surface area contributed by atoms with Gasteiger partial charge in [-0.2, -0.15) is 0 Å². The third kappa shape index (κ3) is 5.04. The summed E-state index contributed by atoms with van der Waals surface area (Å²) >= 11 is 5.73. The summed E-state index contributed by atoms with van der Waals surface area (Å²) in [5, 5.41) is 3.52. The second kappa shape index (κ2) is 8.25. The molecule has 2 aromatic carbocycles. The number of hydrogen-bond donors (Lipinski definition) is 1. The van der Waals surface area contributed by atoms with E-state index in [1.165, 1.54) is 15.2 Å². The van der Waals surface area contributed by atoms with Crippen LogP contribution < -0.4 is 5.32 Å². The van der Waals surface area contributed by atoms with E-state index in [2.05, 4.69) is 75.0 Å². The molecular formula is C17H18BrFIN. The van der Waals surface area contributed by atoms with Crippen molar-refractivity contribution < 1.29 is 4.39 Å². The van der Waals surface area contributed by atoms with E-state index < -0.39 is 0 Å². The molecule has 2 rings (SSSR count). The van der Waals surface area contributed by atoms with Crippen molar-refractivity contribution in [3.63, 3.8) is 0 Å². The standard InChI is InChI=1S/C17H18BrFIN/c1-2-8-21-17(12-4-3-5-15(20)10-12)11-13-9-14(18)6-7-16(13)19/h3-7,9-10,17,21H,2,8,11H2,1H3. The van der Waals surface area contributed by atoms with E-state index in [1.807, 2.05) is 6.07 Å². The van der Waals surface area contributed by atoms with Gasteiger partial charge in [-0.1, -0.05) is 35.0 Å². The van der Waals surface area contributed by atoms with Gasteiger partial charge >= 0.3 is 0 Å². The van der Waals surface area contributed by atoms with E-state index >= 15 is 0 Å². The number of hydrogen-bond acceptors (Lipinski definition) is 1. The lowest BCUT2D eigenvalue weighted by Gasteiger charge is -2.20. The first kappa shape index (κ1) is 16.9. The average Bonchev–Trinajstić information content (AvgIpc) is 2.47. The minimum absolute atomic E-state index is 0.128. The lowest BCUT2D eigenvalue weighted by molar-refractivity contribution is 0.512. The molecule has 4 heteroatoms. The molecule has 0 aliphatic carbocycles. The van der Waals surface area contributed by atoms with Gasteiger partial charge < -0.3 is 5.32 Å². The molecule has 1 atom stereocenters. The summed E-state index contributed by atoms with van der Waals surface area (Å²) in [5.41, 5.74) is 1.94. The van der Waals surface area contributed by atoms with Crippen molar-refractivity contribution >= 4 is 38.5 Å². The van der Waals surface area contributed by atoms with Crippen LogP contribution in [0.1, 0.15) is 30.5 Å². The molecule has 0 saturated carbocycles. The van der Waals surface area contributed by atoms with E-state index in [0.717, 1.165) is 23.0 Å². The Bertz CT molecular complexity index is 603. The predicted octanol–water partition coefficient (Wildman–Crippen LogP) is 5.48. The molecule has 0 bridgehead atoms. The molecule has 0 aromatic heterocycles. The number of rotatable bonds is 6. The molecule has 1 nitrogen and oxygen atoms in total. The number of halogens is 3. The minimum Gasteiger partial charge on any atom is -0.310 e. The Balaban J connectivity index is 2.25. The third-order valence-electron chi connectivity index (χ3n) is 3.32. The fourth-order valence-corrected chi connectivity index (χ4v) is 3.25. The quantitative estimate of drug-likeness (QED) is 0.562. The third-order valence-corrected chi connectivity index (χ3v) is 4.49. The molecule has 0 radical (unpaired) electrons. The van der Waals surface area contributed by atoms with Gasteiger partial charge in [0, 0.05) is 14.1 Å². The highest BCUT2D eigenvalue weighted by Gasteiger charge is 2.14. The molecule has 0 amide bonds. The van der Waals surface area contributed by atoms with Crippen molar-refractivity contribution in [2.45, 2.75) is 25.8 Å². The van der Waals surface area contributed by atoms with Crippen LogP contribution in [0.4, 0.5) is 4.39 Å². The van der Waals surface area contributed by atoms with Crippen LogP contribution in [-0.4, -0.2) is 6.54 Å². The van der Waals surface area contributed by atoms with Gasteiger partial charge in [0.2, 0.25) is 0 Å². The van der Waals surface area contributed by atoms with Crippen molar-refractivity contribution in [3.8, 4) is 0 Å².